The molecule has 1 saturated carbocycles. The third kappa shape index (κ3) is 5.25. The normalized spacial score (nSPS) is 16.3. The number of benzene rings is 2. The van der Waals surface area contributed by atoms with Gasteiger partial charge >= 0.3 is 5.97 Å². The maximum absolute atomic E-state index is 12.2. The van der Waals surface area contributed by atoms with E-state index in [2.05, 4.69) is 29.2 Å². The molecule has 162 valence electrons. The number of pyridine rings is 1. The Morgan fingerprint density at radius 1 is 0.903 bits per heavy atom. The summed E-state index contributed by atoms with van der Waals surface area (Å²) < 4.78 is 11.1. The van der Waals surface area contributed by atoms with Crippen LogP contribution in [0.5, 0.6) is 5.75 Å². The fraction of sp³-hybridized carbons (Fsp3) is 0.407. The van der Waals surface area contributed by atoms with Gasteiger partial charge in [-0.2, -0.15) is 0 Å². The van der Waals surface area contributed by atoms with E-state index >= 15 is 0 Å². The summed E-state index contributed by atoms with van der Waals surface area (Å²) in [5, 5.41) is 1.13. The predicted octanol–water partition coefficient (Wildman–Crippen LogP) is 6.36. The summed E-state index contributed by atoms with van der Waals surface area (Å²) in [7, 11) is 1.48. The molecule has 0 unspecified atom stereocenters. The molecular weight excluding hydrogens is 386 g/mol. The van der Waals surface area contributed by atoms with E-state index in [1.165, 1.54) is 31.9 Å². The van der Waals surface area contributed by atoms with Crippen molar-refractivity contribution in [2.75, 3.05) is 7.11 Å². The van der Waals surface area contributed by atoms with Crippen LogP contribution in [0.25, 0.3) is 10.9 Å². The summed E-state index contributed by atoms with van der Waals surface area (Å²) in [5.74, 6) is 0.695. The first-order valence-electron chi connectivity index (χ1n) is 11.3. The van der Waals surface area contributed by atoms with Crippen molar-refractivity contribution >= 4 is 16.9 Å². The van der Waals surface area contributed by atoms with Gasteiger partial charge in [-0.15, -0.1) is 0 Å². The minimum Gasteiger partial charge on any atom is -0.487 e. The van der Waals surface area contributed by atoms with E-state index in [1.807, 2.05) is 36.4 Å². The van der Waals surface area contributed by atoms with Gasteiger partial charge in [0.1, 0.15) is 12.4 Å². The zero-order valence-electron chi connectivity index (χ0n) is 18.3. The van der Waals surface area contributed by atoms with Crippen LogP contribution in [0.1, 0.15) is 62.6 Å². The molecule has 0 N–H and O–H groups in total. The third-order valence-electron chi connectivity index (χ3n) is 6.53. The first-order chi connectivity index (χ1) is 15.2. The topological polar surface area (TPSA) is 48.4 Å². The van der Waals surface area contributed by atoms with Crippen LogP contribution in [0, 0.1) is 0 Å². The molecule has 31 heavy (non-hydrogen) atoms. The van der Waals surface area contributed by atoms with Gasteiger partial charge in [0.2, 0.25) is 0 Å². The number of methoxy groups -OCH3 is 1. The number of carbonyl (C=O) groups excluding carboxylic acids is 1. The molecule has 4 nitrogen and oxygen atoms in total. The molecule has 4 heteroatoms. The largest absolute Gasteiger partial charge is 0.487 e. The van der Waals surface area contributed by atoms with E-state index in [1.54, 1.807) is 0 Å². The number of ether oxygens (including phenoxy) is 2. The molecular formula is C27H31NO3. The molecule has 0 saturated heterocycles. The highest BCUT2D eigenvalue weighted by molar-refractivity contribution is 5.78. The van der Waals surface area contributed by atoms with Gasteiger partial charge in [0, 0.05) is 10.8 Å². The van der Waals surface area contributed by atoms with Gasteiger partial charge in [-0.25, -0.2) is 4.98 Å². The third-order valence-corrected chi connectivity index (χ3v) is 6.53. The highest BCUT2D eigenvalue weighted by Crippen LogP contribution is 2.41. The predicted molar refractivity (Wildman–Crippen MR) is 123 cm³/mol. The van der Waals surface area contributed by atoms with E-state index < -0.39 is 0 Å². The molecule has 0 bridgehead atoms. The number of esters is 1. The van der Waals surface area contributed by atoms with Gasteiger partial charge in [0.25, 0.3) is 0 Å². The Bertz CT molecular complexity index is 1000. The molecule has 0 amide bonds. The van der Waals surface area contributed by atoms with Crippen molar-refractivity contribution in [3.8, 4) is 5.75 Å². The van der Waals surface area contributed by atoms with E-state index in [9.17, 15) is 4.79 Å². The van der Waals surface area contributed by atoms with Crippen LogP contribution >= 0.6 is 0 Å². The van der Waals surface area contributed by atoms with Crippen LogP contribution in [-0.2, 0) is 21.6 Å². The van der Waals surface area contributed by atoms with Crippen LogP contribution < -0.4 is 4.74 Å². The zero-order valence-corrected chi connectivity index (χ0v) is 18.3. The molecule has 0 aliphatic heterocycles. The molecule has 1 aromatic heterocycles. The number of hydrogen-bond donors (Lipinski definition) is 0. The lowest BCUT2D eigenvalue weighted by Gasteiger charge is -2.35. The molecule has 0 radical (unpaired) electrons. The summed E-state index contributed by atoms with van der Waals surface area (Å²) in [5.41, 5.74) is 2.97. The Labute approximate surface area is 184 Å². The van der Waals surface area contributed by atoms with Crippen molar-refractivity contribution in [1.82, 2.24) is 4.98 Å². The molecule has 1 heterocycles. The Balaban J connectivity index is 1.48. The lowest BCUT2D eigenvalue weighted by molar-refractivity contribution is -0.142. The summed E-state index contributed by atoms with van der Waals surface area (Å²) in [6, 6.07) is 20.5. The van der Waals surface area contributed by atoms with Crippen molar-refractivity contribution in [1.29, 1.82) is 0 Å². The molecule has 1 aliphatic rings. The summed E-state index contributed by atoms with van der Waals surface area (Å²) in [4.78, 5) is 16.9. The quantitative estimate of drug-likeness (QED) is 0.438. The average Bonchev–Trinajstić information content (AvgIpc) is 2.79. The van der Waals surface area contributed by atoms with Crippen LogP contribution in [0.4, 0.5) is 0 Å². The zero-order chi connectivity index (χ0) is 21.5. The van der Waals surface area contributed by atoms with Gasteiger partial charge in [0.05, 0.1) is 24.7 Å². The molecule has 0 spiro atoms. The summed E-state index contributed by atoms with van der Waals surface area (Å²) in [6.45, 7) is 0.428. The van der Waals surface area contributed by atoms with Gasteiger partial charge in [-0.1, -0.05) is 68.5 Å². The van der Waals surface area contributed by atoms with Gasteiger partial charge in [-0.3, -0.25) is 4.79 Å². The Hall–Kier alpha value is -2.88. The van der Waals surface area contributed by atoms with Crippen molar-refractivity contribution in [3.63, 3.8) is 0 Å². The van der Waals surface area contributed by atoms with Crippen LogP contribution in [0.15, 0.2) is 60.7 Å². The van der Waals surface area contributed by atoms with E-state index in [0.29, 0.717) is 13.0 Å². The van der Waals surface area contributed by atoms with Crippen molar-refractivity contribution in [3.05, 3.63) is 71.9 Å². The summed E-state index contributed by atoms with van der Waals surface area (Å²) in [6.07, 6.45) is 8.60. The second-order valence-corrected chi connectivity index (χ2v) is 8.61. The van der Waals surface area contributed by atoms with Crippen LogP contribution in [-0.4, -0.2) is 18.1 Å². The molecule has 1 aliphatic carbocycles. The fourth-order valence-corrected chi connectivity index (χ4v) is 4.75. The van der Waals surface area contributed by atoms with Crippen LogP contribution in [0.2, 0.25) is 0 Å². The number of nitrogens with zero attached hydrogens (tertiary/aromatic N) is 1. The lowest BCUT2D eigenvalue weighted by Crippen LogP contribution is -2.31. The first kappa shape index (κ1) is 21.4. The molecule has 3 aromatic rings. The first-order valence-corrected chi connectivity index (χ1v) is 11.3. The molecule has 2 aromatic carbocycles. The van der Waals surface area contributed by atoms with Gasteiger partial charge < -0.3 is 9.47 Å². The number of para-hydroxylation sites is 1. The number of fused-ring (bicyclic) bond motifs is 1. The van der Waals surface area contributed by atoms with Gasteiger partial charge in [-0.05, 0) is 42.7 Å². The van der Waals surface area contributed by atoms with Gasteiger partial charge in [0.15, 0.2) is 0 Å². The Morgan fingerprint density at radius 3 is 2.35 bits per heavy atom. The fourth-order valence-electron chi connectivity index (χ4n) is 4.75. The standard InChI is InChI=1S/C27H31NO3/c1-30-26(29)19-27(17-7-3-2-4-8-18-27)22-12-15-24(16-13-22)31-20-23-14-11-21-9-5-6-10-25(21)28-23/h5-6,9-16H,2-4,7-8,17-20H2,1H3. The molecule has 1 fully saturated rings. The summed E-state index contributed by atoms with van der Waals surface area (Å²) >= 11 is 0. The number of rotatable bonds is 6. The van der Waals surface area contributed by atoms with Crippen LogP contribution in [0.3, 0.4) is 0 Å². The lowest BCUT2D eigenvalue weighted by atomic mass is 9.69. The molecule has 0 atom stereocenters. The van der Waals surface area contributed by atoms with E-state index in [-0.39, 0.29) is 11.4 Å². The monoisotopic (exact) mass is 417 g/mol. The second kappa shape index (κ2) is 9.95. The van der Waals surface area contributed by atoms with Crippen molar-refractivity contribution in [2.24, 2.45) is 0 Å². The number of carbonyl (C=O) groups is 1. The SMILES string of the molecule is COC(=O)CC1(c2ccc(OCc3ccc4ccccc4n3)cc2)CCCCCCC1. The maximum atomic E-state index is 12.2. The van der Waals surface area contributed by atoms with Crippen molar-refractivity contribution < 1.29 is 14.3 Å². The number of hydrogen-bond acceptors (Lipinski definition) is 4. The minimum atomic E-state index is -0.133. The Kier molecular flexibility index (Phi) is 6.86. The molecule has 4 rings (SSSR count). The highest BCUT2D eigenvalue weighted by Gasteiger charge is 2.35. The highest BCUT2D eigenvalue weighted by atomic mass is 16.5. The maximum Gasteiger partial charge on any atom is 0.306 e. The smallest absolute Gasteiger partial charge is 0.306 e. The van der Waals surface area contributed by atoms with E-state index in [4.69, 9.17) is 9.47 Å². The Morgan fingerprint density at radius 2 is 1.61 bits per heavy atom. The average molecular weight is 418 g/mol. The minimum absolute atomic E-state index is 0.122. The van der Waals surface area contributed by atoms with E-state index in [0.717, 1.165) is 48.0 Å². The number of aromatic nitrogens is 1. The second-order valence-electron chi connectivity index (χ2n) is 8.61. The van der Waals surface area contributed by atoms with Crippen molar-refractivity contribution in [2.45, 2.75) is 63.4 Å².